The average molecular weight is 314 g/mol. The van der Waals surface area contributed by atoms with Gasteiger partial charge in [-0.05, 0) is 37.5 Å². The zero-order valence-corrected chi connectivity index (χ0v) is 13.4. The van der Waals surface area contributed by atoms with Crippen LogP contribution in [0, 0.1) is 0 Å². The lowest BCUT2D eigenvalue weighted by molar-refractivity contribution is -0.147. The van der Waals surface area contributed by atoms with E-state index >= 15 is 0 Å². The Morgan fingerprint density at radius 1 is 1.38 bits per heavy atom. The summed E-state index contributed by atoms with van der Waals surface area (Å²) >= 11 is 0. The lowest BCUT2D eigenvalue weighted by Gasteiger charge is -2.27. The number of esters is 1. The molecular weight excluding hydrogens is 292 g/mol. The van der Waals surface area contributed by atoms with Crippen LogP contribution in [0.25, 0.3) is 0 Å². The van der Waals surface area contributed by atoms with Crippen molar-refractivity contribution in [3.8, 4) is 0 Å². The summed E-state index contributed by atoms with van der Waals surface area (Å²) in [5, 5.41) is 0. The van der Waals surface area contributed by atoms with E-state index in [0.717, 1.165) is 5.56 Å². The Hall–Kier alpha value is -1.47. The van der Waals surface area contributed by atoms with Gasteiger partial charge in [-0.15, -0.1) is 0 Å². The van der Waals surface area contributed by atoms with Crippen molar-refractivity contribution in [3.05, 3.63) is 30.1 Å². The van der Waals surface area contributed by atoms with Crippen molar-refractivity contribution in [2.75, 3.05) is 12.9 Å². The third kappa shape index (κ3) is 5.43. The van der Waals surface area contributed by atoms with Crippen LogP contribution in [-0.4, -0.2) is 37.8 Å². The van der Waals surface area contributed by atoms with Crippen LogP contribution >= 0.6 is 0 Å². The van der Waals surface area contributed by atoms with Crippen molar-refractivity contribution in [2.24, 2.45) is 0 Å². The molecule has 0 spiro atoms. The molecular formula is C14H22N2O4S. The molecule has 0 saturated heterocycles. The second kappa shape index (κ2) is 7.51. The molecule has 0 aliphatic heterocycles. The minimum absolute atomic E-state index is 0.0900. The fourth-order valence-corrected chi connectivity index (χ4v) is 3.59. The largest absolute Gasteiger partial charge is 0.468 e. The number of nitrogens with zero attached hydrogens (tertiary/aromatic N) is 1. The number of carbonyl (C=O) groups is 1. The number of aromatic nitrogens is 1. The van der Waals surface area contributed by atoms with E-state index in [1.54, 1.807) is 31.5 Å². The third-order valence-electron chi connectivity index (χ3n) is 3.18. The molecule has 0 aliphatic carbocycles. The lowest BCUT2D eigenvalue weighted by Crippen LogP contribution is -2.53. The first-order chi connectivity index (χ1) is 9.83. The van der Waals surface area contributed by atoms with Gasteiger partial charge in [0.05, 0.1) is 12.9 Å². The van der Waals surface area contributed by atoms with Crippen molar-refractivity contribution in [3.63, 3.8) is 0 Å². The maximum atomic E-state index is 12.2. The third-order valence-corrected chi connectivity index (χ3v) is 4.68. The average Bonchev–Trinajstić information content (AvgIpc) is 2.45. The summed E-state index contributed by atoms with van der Waals surface area (Å²) in [6.45, 7) is 3.43. The molecule has 6 nitrogen and oxygen atoms in total. The monoisotopic (exact) mass is 314 g/mol. The fraction of sp³-hybridized carbons (Fsp3) is 0.571. The van der Waals surface area contributed by atoms with Crippen LogP contribution in [0.1, 0.15) is 32.3 Å². The van der Waals surface area contributed by atoms with E-state index in [1.807, 2.05) is 6.92 Å². The molecule has 7 heteroatoms. The van der Waals surface area contributed by atoms with Crippen LogP contribution < -0.4 is 4.72 Å². The number of methoxy groups -OCH3 is 1. The SMILES string of the molecule is CCCC(C)(NS(=O)(=O)CCc1ccncc1)C(=O)OC. The molecule has 0 radical (unpaired) electrons. The molecule has 0 bridgehead atoms. The molecule has 1 heterocycles. The maximum Gasteiger partial charge on any atom is 0.326 e. The van der Waals surface area contributed by atoms with Gasteiger partial charge in [-0.3, -0.25) is 9.78 Å². The number of hydrogen-bond acceptors (Lipinski definition) is 5. The van der Waals surface area contributed by atoms with E-state index in [-0.39, 0.29) is 5.75 Å². The molecule has 1 rings (SSSR count). The van der Waals surface area contributed by atoms with Crippen molar-refractivity contribution in [1.82, 2.24) is 9.71 Å². The Morgan fingerprint density at radius 3 is 2.52 bits per heavy atom. The Kier molecular flexibility index (Phi) is 6.29. The van der Waals surface area contributed by atoms with Gasteiger partial charge in [-0.25, -0.2) is 8.42 Å². The minimum Gasteiger partial charge on any atom is -0.468 e. The second-order valence-corrected chi connectivity index (χ2v) is 6.94. The predicted octanol–water partition coefficient (Wildman–Crippen LogP) is 1.28. The molecule has 1 aromatic rings. The number of pyridine rings is 1. The number of hydrogen-bond donors (Lipinski definition) is 1. The van der Waals surface area contributed by atoms with Crippen molar-refractivity contribution in [2.45, 2.75) is 38.6 Å². The van der Waals surface area contributed by atoms with Gasteiger partial charge in [-0.2, -0.15) is 4.72 Å². The van der Waals surface area contributed by atoms with Gasteiger partial charge in [0.25, 0.3) is 0 Å². The summed E-state index contributed by atoms with van der Waals surface area (Å²) in [6, 6.07) is 3.53. The molecule has 0 aromatic carbocycles. The van der Waals surface area contributed by atoms with Gasteiger partial charge in [0.2, 0.25) is 10.0 Å². The lowest BCUT2D eigenvalue weighted by atomic mass is 9.98. The Morgan fingerprint density at radius 2 is 2.00 bits per heavy atom. The minimum atomic E-state index is -3.59. The molecule has 0 amide bonds. The molecule has 1 aromatic heterocycles. The Balaban J connectivity index is 2.75. The molecule has 1 atom stereocenters. The molecule has 1 unspecified atom stereocenters. The smallest absolute Gasteiger partial charge is 0.326 e. The molecule has 0 aliphatic rings. The quantitative estimate of drug-likeness (QED) is 0.731. The summed E-state index contributed by atoms with van der Waals surface area (Å²) in [5.74, 6) is -0.662. The molecule has 0 saturated carbocycles. The van der Waals surface area contributed by atoms with E-state index in [9.17, 15) is 13.2 Å². The second-order valence-electron chi connectivity index (χ2n) is 5.10. The van der Waals surface area contributed by atoms with Crippen LogP contribution in [0.15, 0.2) is 24.5 Å². The van der Waals surface area contributed by atoms with Gasteiger partial charge in [-0.1, -0.05) is 13.3 Å². The van der Waals surface area contributed by atoms with Gasteiger partial charge in [0, 0.05) is 12.4 Å². The first-order valence-electron chi connectivity index (χ1n) is 6.82. The van der Waals surface area contributed by atoms with Crippen LogP contribution in [0.4, 0.5) is 0 Å². The molecule has 0 fully saturated rings. The Labute approximate surface area is 126 Å². The molecule has 1 N–H and O–H groups in total. The van der Waals surface area contributed by atoms with Crippen molar-refractivity contribution >= 4 is 16.0 Å². The number of carbonyl (C=O) groups excluding carboxylic acids is 1. The topological polar surface area (TPSA) is 85.4 Å². The predicted molar refractivity (Wildman–Crippen MR) is 80.2 cm³/mol. The number of sulfonamides is 1. The zero-order valence-electron chi connectivity index (χ0n) is 12.6. The highest BCUT2D eigenvalue weighted by atomic mass is 32.2. The highest BCUT2D eigenvalue weighted by Gasteiger charge is 2.37. The van der Waals surface area contributed by atoms with Gasteiger partial charge < -0.3 is 4.74 Å². The summed E-state index contributed by atoms with van der Waals surface area (Å²) < 4.78 is 31.5. The van der Waals surface area contributed by atoms with E-state index < -0.39 is 21.5 Å². The zero-order chi connectivity index (χ0) is 15.9. The first-order valence-corrected chi connectivity index (χ1v) is 8.47. The van der Waals surface area contributed by atoms with Crippen LogP contribution in [0.3, 0.4) is 0 Å². The van der Waals surface area contributed by atoms with Gasteiger partial charge >= 0.3 is 5.97 Å². The summed E-state index contributed by atoms with van der Waals surface area (Å²) in [7, 11) is -2.33. The highest BCUT2D eigenvalue weighted by molar-refractivity contribution is 7.89. The van der Waals surface area contributed by atoms with E-state index in [2.05, 4.69) is 9.71 Å². The number of ether oxygens (including phenoxy) is 1. The van der Waals surface area contributed by atoms with E-state index in [4.69, 9.17) is 4.74 Å². The van der Waals surface area contributed by atoms with Crippen LogP contribution in [-0.2, 0) is 26.0 Å². The summed E-state index contributed by atoms with van der Waals surface area (Å²) in [4.78, 5) is 15.7. The highest BCUT2D eigenvalue weighted by Crippen LogP contribution is 2.16. The Bertz CT molecular complexity index is 560. The number of rotatable bonds is 8. The van der Waals surface area contributed by atoms with Crippen LogP contribution in [0.2, 0.25) is 0 Å². The standard InChI is InChI=1S/C14H22N2O4S/c1-4-8-14(2,13(17)20-3)16-21(18,19)11-7-12-5-9-15-10-6-12/h5-6,9-10,16H,4,7-8,11H2,1-3H3. The van der Waals surface area contributed by atoms with Crippen molar-refractivity contribution in [1.29, 1.82) is 0 Å². The fourth-order valence-electron chi connectivity index (χ4n) is 2.12. The molecule has 21 heavy (non-hydrogen) atoms. The summed E-state index contributed by atoms with van der Waals surface area (Å²) in [6.07, 6.45) is 4.64. The number of aryl methyl sites for hydroxylation is 1. The normalized spacial score (nSPS) is 14.4. The summed E-state index contributed by atoms with van der Waals surface area (Å²) in [5.41, 5.74) is -0.341. The first kappa shape index (κ1) is 17.6. The molecule has 118 valence electrons. The van der Waals surface area contributed by atoms with Crippen LogP contribution in [0.5, 0.6) is 0 Å². The van der Waals surface area contributed by atoms with E-state index in [1.165, 1.54) is 7.11 Å². The van der Waals surface area contributed by atoms with Gasteiger partial charge in [0.1, 0.15) is 5.54 Å². The van der Waals surface area contributed by atoms with Gasteiger partial charge in [0.15, 0.2) is 0 Å². The maximum absolute atomic E-state index is 12.2. The number of nitrogens with one attached hydrogen (secondary N) is 1. The van der Waals surface area contributed by atoms with E-state index in [0.29, 0.717) is 19.3 Å². The van der Waals surface area contributed by atoms with Crippen molar-refractivity contribution < 1.29 is 17.9 Å².